The van der Waals surface area contributed by atoms with E-state index in [0.717, 1.165) is 0 Å². The molecule has 0 radical (unpaired) electrons. The number of nitrogens with zero attached hydrogens (tertiary/aromatic N) is 3. The van der Waals surface area contributed by atoms with Crippen molar-refractivity contribution in [3.63, 3.8) is 0 Å². The lowest BCUT2D eigenvalue weighted by Crippen LogP contribution is -2.29. The van der Waals surface area contributed by atoms with Crippen LogP contribution in [0.5, 0.6) is 0 Å². The summed E-state index contributed by atoms with van der Waals surface area (Å²) in [6, 6.07) is 6.55. The Morgan fingerprint density at radius 3 is 2.79 bits per heavy atom. The van der Waals surface area contributed by atoms with Gasteiger partial charge in [-0.1, -0.05) is 6.07 Å². The number of likely N-dealkylation sites (N-methyl/N-ethyl adjacent to an activating group) is 1. The Morgan fingerprint density at radius 2 is 2.16 bits per heavy atom. The SMILES string of the molecule is CCN(C)C(=O)Cn1ccc2c([N+](=O)[O-])cccc21. The molecule has 0 atom stereocenters. The van der Waals surface area contributed by atoms with E-state index in [1.807, 2.05) is 6.92 Å². The number of non-ortho nitro benzene ring substituents is 1. The van der Waals surface area contributed by atoms with Gasteiger partial charge in [0.25, 0.3) is 5.69 Å². The van der Waals surface area contributed by atoms with Crippen molar-refractivity contribution in [3.05, 3.63) is 40.6 Å². The number of carbonyl (C=O) groups excluding carboxylic acids is 1. The Morgan fingerprint density at radius 1 is 1.42 bits per heavy atom. The number of carbonyl (C=O) groups is 1. The molecule has 6 heteroatoms. The van der Waals surface area contributed by atoms with Gasteiger partial charge in [-0.3, -0.25) is 14.9 Å². The Hall–Kier alpha value is -2.37. The monoisotopic (exact) mass is 261 g/mol. The van der Waals surface area contributed by atoms with Gasteiger partial charge in [-0.2, -0.15) is 0 Å². The maximum atomic E-state index is 11.9. The Bertz CT molecular complexity index is 633. The summed E-state index contributed by atoms with van der Waals surface area (Å²) in [4.78, 5) is 24.0. The molecular weight excluding hydrogens is 246 g/mol. The van der Waals surface area contributed by atoms with Gasteiger partial charge in [0, 0.05) is 25.9 Å². The molecule has 0 saturated carbocycles. The van der Waals surface area contributed by atoms with Crippen LogP contribution in [0.4, 0.5) is 5.69 Å². The third-order valence-electron chi connectivity index (χ3n) is 3.19. The zero-order valence-electron chi connectivity index (χ0n) is 10.9. The van der Waals surface area contributed by atoms with Crippen LogP contribution in [0.2, 0.25) is 0 Å². The second-order valence-corrected chi connectivity index (χ2v) is 4.32. The summed E-state index contributed by atoms with van der Waals surface area (Å²) in [5, 5.41) is 11.5. The van der Waals surface area contributed by atoms with Crippen molar-refractivity contribution < 1.29 is 9.72 Å². The topological polar surface area (TPSA) is 68.4 Å². The zero-order chi connectivity index (χ0) is 14.0. The summed E-state index contributed by atoms with van der Waals surface area (Å²) < 4.78 is 1.73. The predicted octanol–water partition coefficient (Wildman–Crippen LogP) is 2.03. The first-order valence-electron chi connectivity index (χ1n) is 6.00. The number of rotatable bonds is 4. The van der Waals surface area contributed by atoms with E-state index < -0.39 is 4.92 Å². The van der Waals surface area contributed by atoms with E-state index in [0.29, 0.717) is 17.4 Å². The van der Waals surface area contributed by atoms with Gasteiger partial charge in [0.1, 0.15) is 6.54 Å². The van der Waals surface area contributed by atoms with Gasteiger partial charge < -0.3 is 9.47 Å². The number of hydrogen-bond donors (Lipinski definition) is 0. The average Bonchev–Trinajstić information content (AvgIpc) is 2.80. The van der Waals surface area contributed by atoms with Crippen LogP contribution in [0, 0.1) is 10.1 Å². The van der Waals surface area contributed by atoms with Crippen molar-refractivity contribution in [1.29, 1.82) is 0 Å². The van der Waals surface area contributed by atoms with E-state index in [1.165, 1.54) is 6.07 Å². The molecule has 19 heavy (non-hydrogen) atoms. The Kier molecular flexibility index (Phi) is 3.50. The lowest BCUT2D eigenvalue weighted by atomic mass is 10.2. The first-order valence-corrected chi connectivity index (χ1v) is 6.00. The van der Waals surface area contributed by atoms with Gasteiger partial charge in [0.05, 0.1) is 15.8 Å². The number of amides is 1. The molecule has 1 amide bonds. The molecule has 1 aromatic carbocycles. The molecule has 0 saturated heterocycles. The molecule has 2 aromatic rings. The summed E-state index contributed by atoms with van der Waals surface area (Å²) in [5.74, 6) is -0.0218. The first-order chi connectivity index (χ1) is 9.04. The number of aromatic nitrogens is 1. The van der Waals surface area contributed by atoms with Crippen LogP contribution in [-0.2, 0) is 11.3 Å². The van der Waals surface area contributed by atoms with Crippen LogP contribution in [0.25, 0.3) is 10.9 Å². The van der Waals surface area contributed by atoms with Gasteiger partial charge in [-0.25, -0.2) is 0 Å². The molecule has 0 aliphatic carbocycles. The van der Waals surface area contributed by atoms with Crippen molar-refractivity contribution >= 4 is 22.5 Å². The molecule has 0 fully saturated rings. The van der Waals surface area contributed by atoms with E-state index in [-0.39, 0.29) is 18.1 Å². The number of fused-ring (bicyclic) bond motifs is 1. The zero-order valence-corrected chi connectivity index (χ0v) is 10.9. The highest BCUT2D eigenvalue weighted by Gasteiger charge is 2.15. The molecule has 100 valence electrons. The molecule has 1 heterocycles. The van der Waals surface area contributed by atoms with Gasteiger partial charge in [0.2, 0.25) is 5.91 Å². The minimum atomic E-state index is -0.410. The second-order valence-electron chi connectivity index (χ2n) is 4.32. The highest BCUT2D eigenvalue weighted by atomic mass is 16.6. The number of benzene rings is 1. The lowest BCUT2D eigenvalue weighted by molar-refractivity contribution is -0.383. The fourth-order valence-electron chi connectivity index (χ4n) is 1.95. The predicted molar refractivity (Wildman–Crippen MR) is 71.9 cm³/mol. The van der Waals surface area contributed by atoms with E-state index in [2.05, 4.69) is 0 Å². The molecule has 6 nitrogen and oxygen atoms in total. The van der Waals surface area contributed by atoms with Crippen molar-refractivity contribution in [2.24, 2.45) is 0 Å². The molecule has 0 spiro atoms. The maximum absolute atomic E-state index is 11.9. The molecule has 0 unspecified atom stereocenters. The summed E-state index contributed by atoms with van der Waals surface area (Å²) in [6.07, 6.45) is 1.71. The fourth-order valence-corrected chi connectivity index (χ4v) is 1.95. The average molecular weight is 261 g/mol. The highest BCUT2D eigenvalue weighted by molar-refractivity contribution is 5.90. The highest BCUT2D eigenvalue weighted by Crippen LogP contribution is 2.26. The smallest absolute Gasteiger partial charge is 0.278 e. The van der Waals surface area contributed by atoms with Gasteiger partial charge >= 0.3 is 0 Å². The van der Waals surface area contributed by atoms with Crippen molar-refractivity contribution in [2.45, 2.75) is 13.5 Å². The van der Waals surface area contributed by atoms with E-state index >= 15 is 0 Å². The van der Waals surface area contributed by atoms with E-state index in [1.54, 1.807) is 40.9 Å². The van der Waals surface area contributed by atoms with Gasteiger partial charge in [-0.15, -0.1) is 0 Å². The lowest BCUT2D eigenvalue weighted by Gasteiger charge is -2.15. The van der Waals surface area contributed by atoms with Crippen LogP contribution in [0.3, 0.4) is 0 Å². The number of nitro benzene ring substituents is 1. The van der Waals surface area contributed by atoms with Crippen molar-refractivity contribution in [1.82, 2.24) is 9.47 Å². The molecular formula is C13H15N3O3. The summed E-state index contributed by atoms with van der Waals surface area (Å²) >= 11 is 0. The quantitative estimate of drug-likeness (QED) is 0.624. The van der Waals surface area contributed by atoms with Gasteiger partial charge in [0.15, 0.2) is 0 Å². The first kappa shape index (κ1) is 13.1. The maximum Gasteiger partial charge on any atom is 0.278 e. The minimum Gasteiger partial charge on any atom is -0.344 e. The third kappa shape index (κ3) is 2.42. The van der Waals surface area contributed by atoms with Crippen LogP contribution in [-0.4, -0.2) is 33.9 Å². The summed E-state index contributed by atoms with van der Waals surface area (Å²) in [7, 11) is 1.73. The molecule has 0 aliphatic heterocycles. The van der Waals surface area contributed by atoms with Crippen molar-refractivity contribution in [2.75, 3.05) is 13.6 Å². The normalized spacial score (nSPS) is 10.6. The van der Waals surface area contributed by atoms with E-state index in [9.17, 15) is 14.9 Å². The molecule has 1 aromatic heterocycles. The number of hydrogen-bond acceptors (Lipinski definition) is 3. The Balaban J connectivity index is 2.39. The molecule has 0 aliphatic rings. The van der Waals surface area contributed by atoms with E-state index in [4.69, 9.17) is 0 Å². The van der Waals surface area contributed by atoms with Crippen LogP contribution in [0.1, 0.15) is 6.92 Å². The van der Waals surface area contributed by atoms with Crippen LogP contribution >= 0.6 is 0 Å². The standard InChI is InChI=1S/C13H15N3O3/c1-3-14(2)13(17)9-15-8-7-10-11(15)5-4-6-12(10)16(18)19/h4-8H,3,9H2,1-2H3. The van der Waals surface area contributed by atoms with Gasteiger partial charge in [-0.05, 0) is 19.1 Å². The molecule has 0 N–H and O–H groups in total. The minimum absolute atomic E-state index is 0.0218. The van der Waals surface area contributed by atoms with Crippen LogP contribution in [0.15, 0.2) is 30.5 Å². The molecule has 2 rings (SSSR count). The Labute approximate surface area is 110 Å². The van der Waals surface area contributed by atoms with Crippen LogP contribution < -0.4 is 0 Å². The summed E-state index contributed by atoms with van der Waals surface area (Å²) in [5.41, 5.74) is 0.764. The second kappa shape index (κ2) is 5.09. The van der Waals surface area contributed by atoms with Crippen molar-refractivity contribution in [3.8, 4) is 0 Å². The number of nitro groups is 1. The summed E-state index contributed by atoms with van der Waals surface area (Å²) in [6.45, 7) is 2.73. The third-order valence-corrected chi connectivity index (χ3v) is 3.19. The largest absolute Gasteiger partial charge is 0.344 e. The molecule has 0 bridgehead atoms. The fraction of sp³-hybridized carbons (Fsp3) is 0.308.